The van der Waals surface area contributed by atoms with E-state index >= 15 is 0 Å². The summed E-state index contributed by atoms with van der Waals surface area (Å²) < 4.78 is 20.6. The van der Waals surface area contributed by atoms with Crippen molar-refractivity contribution in [2.75, 3.05) is 0 Å². The summed E-state index contributed by atoms with van der Waals surface area (Å²) in [6, 6.07) is 5.00. The van der Waals surface area contributed by atoms with Crippen molar-refractivity contribution in [1.82, 2.24) is 25.1 Å². The molecule has 0 spiro atoms. The molecule has 1 aromatic carbocycles. The standard InChI is InChI=1S/C14H14FN5O2/c1-8-4-3-5-10(13(8)15)14-16-12(22-18-14)7-20-6-11(9(2)21)17-19-20/h3-6,9,21H,7H2,1-2H3. The number of hydrogen-bond donors (Lipinski definition) is 1. The summed E-state index contributed by atoms with van der Waals surface area (Å²) in [5.41, 5.74) is 1.25. The van der Waals surface area contributed by atoms with Crippen LogP contribution in [0.5, 0.6) is 0 Å². The van der Waals surface area contributed by atoms with Crippen LogP contribution in [0.1, 0.15) is 30.2 Å². The van der Waals surface area contributed by atoms with Crippen molar-refractivity contribution in [1.29, 1.82) is 0 Å². The van der Waals surface area contributed by atoms with Gasteiger partial charge in [0.15, 0.2) is 0 Å². The van der Waals surface area contributed by atoms with Gasteiger partial charge in [-0.25, -0.2) is 9.07 Å². The van der Waals surface area contributed by atoms with E-state index < -0.39 is 6.10 Å². The van der Waals surface area contributed by atoms with Crippen molar-refractivity contribution in [3.8, 4) is 11.4 Å². The van der Waals surface area contributed by atoms with E-state index in [2.05, 4.69) is 20.5 Å². The van der Waals surface area contributed by atoms with Crippen LogP contribution in [0.2, 0.25) is 0 Å². The molecule has 0 radical (unpaired) electrons. The first-order valence-corrected chi connectivity index (χ1v) is 6.71. The van der Waals surface area contributed by atoms with Crippen molar-refractivity contribution in [3.05, 3.63) is 47.4 Å². The van der Waals surface area contributed by atoms with Crippen LogP contribution >= 0.6 is 0 Å². The summed E-state index contributed by atoms with van der Waals surface area (Å²) in [4.78, 5) is 4.16. The molecule has 0 saturated carbocycles. The van der Waals surface area contributed by atoms with Gasteiger partial charge in [0.1, 0.15) is 18.1 Å². The van der Waals surface area contributed by atoms with Gasteiger partial charge in [0.2, 0.25) is 11.7 Å². The minimum atomic E-state index is -0.701. The average molecular weight is 303 g/mol. The minimum absolute atomic E-state index is 0.187. The van der Waals surface area contributed by atoms with Crippen molar-refractivity contribution < 1.29 is 14.0 Å². The molecule has 7 nitrogen and oxygen atoms in total. The van der Waals surface area contributed by atoms with Crippen molar-refractivity contribution in [2.45, 2.75) is 26.5 Å². The lowest BCUT2D eigenvalue weighted by molar-refractivity contribution is 0.194. The zero-order chi connectivity index (χ0) is 15.7. The molecule has 0 aliphatic heterocycles. The number of aliphatic hydroxyl groups excluding tert-OH is 1. The molecule has 114 valence electrons. The molecule has 0 saturated heterocycles. The number of benzene rings is 1. The molecule has 8 heteroatoms. The highest BCUT2D eigenvalue weighted by molar-refractivity contribution is 5.56. The van der Waals surface area contributed by atoms with Crippen molar-refractivity contribution in [2.24, 2.45) is 0 Å². The number of nitrogens with zero attached hydrogens (tertiary/aromatic N) is 5. The third-order valence-corrected chi connectivity index (χ3v) is 3.18. The number of halogens is 1. The first kappa shape index (κ1) is 14.3. The topological polar surface area (TPSA) is 89.9 Å². The molecule has 1 atom stereocenters. The van der Waals surface area contributed by atoms with Crippen LogP contribution in [0.3, 0.4) is 0 Å². The summed E-state index contributed by atoms with van der Waals surface area (Å²) in [6.45, 7) is 3.46. The number of rotatable bonds is 4. The maximum Gasteiger partial charge on any atom is 0.248 e. The number of aryl methyl sites for hydroxylation is 1. The summed E-state index contributed by atoms with van der Waals surface area (Å²) >= 11 is 0. The third kappa shape index (κ3) is 2.73. The zero-order valence-corrected chi connectivity index (χ0v) is 12.1. The lowest BCUT2D eigenvalue weighted by Gasteiger charge is -1.99. The molecule has 2 aromatic heterocycles. The molecule has 3 aromatic rings. The predicted octanol–water partition coefficient (Wildman–Crippen LogP) is 1.88. The van der Waals surface area contributed by atoms with E-state index in [0.29, 0.717) is 16.8 Å². The van der Waals surface area contributed by atoms with Crippen LogP contribution in [-0.4, -0.2) is 30.2 Å². The molecular formula is C14H14FN5O2. The molecule has 0 amide bonds. The fraction of sp³-hybridized carbons (Fsp3) is 0.286. The summed E-state index contributed by atoms with van der Waals surface area (Å²) in [7, 11) is 0. The minimum Gasteiger partial charge on any atom is -0.387 e. The van der Waals surface area contributed by atoms with E-state index in [0.717, 1.165) is 0 Å². The van der Waals surface area contributed by atoms with Gasteiger partial charge in [0, 0.05) is 0 Å². The Kier molecular flexibility index (Phi) is 3.68. The highest BCUT2D eigenvalue weighted by Crippen LogP contribution is 2.22. The van der Waals surface area contributed by atoms with Crippen LogP contribution in [-0.2, 0) is 6.54 Å². The SMILES string of the molecule is Cc1cccc(-c2noc(Cn3cc(C(C)O)nn3)n2)c1F. The molecule has 1 unspecified atom stereocenters. The van der Waals surface area contributed by atoms with Crippen LogP contribution in [0.15, 0.2) is 28.9 Å². The molecular weight excluding hydrogens is 289 g/mol. The van der Waals surface area contributed by atoms with Crippen molar-refractivity contribution >= 4 is 0 Å². The molecule has 1 N–H and O–H groups in total. The van der Waals surface area contributed by atoms with Crippen LogP contribution in [0.25, 0.3) is 11.4 Å². The largest absolute Gasteiger partial charge is 0.387 e. The normalized spacial score (nSPS) is 12.5. The molecule has 3 rings (SSSR count). The summed E-state index contributed by atoms with van der Waals surface area (Å²) in [6.07, 6.45) is 0.885. The monoisotopic (exact) mass is 303 g/mol. The van der Waals surface area contributed by atoms with Gasteiger partial charge in [0.25, 0.3) is 0 Å². The molecule has 0 bridgehead atoms. The van der Waals surface area contributed by atoms with E-state index in [1.54, 1.807) is 38.2 Å². The number of aliphatic hydroxyl groups is 1. The Morgan fingerprint density at radius 3 is 2.95 bits per heavy atom. The van der Waals surface area contributed by atoms with Crippen LogP contribution < -0.4 is 0 Å². The molecule has 2 heterocycles. The van der Waals surface area contributed by atoms with Gasteiger partial charge < -0.3 is 9.63 Å². The predicted molar refractivity (Wildman–Crippen MR) is 74.2 cm³/mol. The Bertz CT molecular complexity index is 796. The quantitative estimate of drug-likeness (QED) is 0.791. The van der Waals surface area contributed by atoms with Gasteiger partial charge in [0.05, 0.1) is 17.9 Å². The van der Waals surface area contributed by atoms with E-state index in [1.807, 2.05) is 0 Å². The van der Waals surface area contributed by atoms with E-state index in [9.17, 15) is 9.50 Å². The van der Waals surface area contributed by atoms with E-state index in [-0.39, 0.29) is 24.1 Å². The van der Waals surface area contributed by atoms with Gasteiger partial charge in [-0.3, -0.25) is 0 Å². The smallest absolute Gasteiger partial charge is 0.248 e. The molecule has 0 aliphatic carbocycles. The molecule has 0 fully saturated rings. The third-order valence-electron chi connectivity index (χ3n) is 3.18. The Morgan fingerprint density at radius 2 is 2.23 bits per heavy atom. The van der Waals surface area contributed by atoms with Crippen molar-refractivity contribution in [3.63, 3.8) is 0 Å². The van der Waals surface area contributed by atoms with Crippen LogP contribution in [0, 0.1) is 12.7 Å². The summed E-state index contributed by atoms with van der Waals surface area (Å²) in [5.74, 6) is 0.0945. The Hall–Kier alpha value is -2.61. The zero-order valence-electron chi connectivity index (χ0n) is 12.1. The Balaban J connectivity index is 1.83. The lowest BCUT2D eigenvalue weighted by atomic mass is 10.1. The number of hydrogen-bond acceptors (Lipinski definition) is 6. The summed E-state index contributed by atoms with van der Waals surface area (Å²) in [5, 5.41) is 20.9. The first-order valence-electron chi connectivity index (χ1n) is 6.71. The van der Waals surface area contributed by atoms with Crippen LogP contribution in [0.4, 0.5) is 4.39 Å². The van der Waals surface area contributed by atoms with Gasteiger partial charge in [-0.2, -0.15) is 4.98 Å². The highest BCUT2D eigenvalue weighted by Gasteiger charge is 2.15. The fourth-order valence-corrected chi connectivity index (χ4v) is 1.97. The fourth-order valence-electron chi connectivity index (χ4n) is 1.97. The second-order valence-electron chi connectivity index (χ2n) is 4.97. The first-order chi connectivity index (χ1) is 10.5. The van der Waals surface area contributed by atoms with Gasteiger partial charge in [-0.15, -0.1) is 5.10 Å². The molecule has 22 heavy (non-hydrogen) atoms. The Morgan fingerprint density at radius 1 is 1.41 bits per heavy atom. The highest BCUT2D eigenvalue weighted by atomic mass is 19.1. The molecule has 0 aliphatic rings. The second-order valence-corrected chi connectivity index (χ2v) is 4.97. The van der Waals surface area contributed by atoms with E-state index in [4.69, 9.17) is 4.52 Å². The maximum atomic E-state index is 14.0. The van der Waals surface area contributed by atoms with Gasteiger partial charge in [-0.1, -0.05) is 22.5 Å². The number of aromatic nitrogens is 5. The van der Waals surface area contributed by atoms with Gasteiger partial charge in [-0.05, 0) is 25.5 Å². The van der Waals surface area contributed by atoms with E-state index in [1.165, 1.54) is 4.68 Å². The Labute approximate surface area is 125 Å². The van der Waals surface area contributed by atoms with Gasteiger partial charge >= 0.3 is 0 Å². The maximum absolute atomic E-state index is 14.0. The second kappa shape index (κ2) is 5.64. The lowest BCUT2D eigenvalue weighted by Crippen LogP contribution is -2.01. The average Bonchev–Trinajstić information content (AvgIpc) is 3.12.